The van der Waals surface area contributed by atoms with Gasteiger partial charge in [0.25, 0.3) is 5.91 Å². The van der Waals surface area contributed by atoms with Crippen molar-refractivity contribution in [1.29, 1.82) is 0 Å². The molecule has 0 heterocycles. The molecule has 154 valence electrons. The van der Waals surface area contributed by atoms with Crippen LogP contribution in [0.2, 0.25) is 0 Å². The third-order valence-corrected chi connectivity index (χ3v) is 4.52. The number of nitrogens with one attached hydrogen (secondary N) is 1. The molecule has 29 heavy (non-hydrogen) atoms. The van der Waals surface area contributed by atoms with Crippen LogP contribution in [0.4, 0.5) is 5.69 Å². The Bertz CT molecular complexity index is 799. The number of rotatable bonds is 10. The number of ether oxygens (including phenoxy) is 1. The summed E-state index contributed by atoms with van der Waals surface area (Å²) < 4.78 is 5.17. The zero-order valence-corrected chi connectivity index (χ0v) is 17.0. The van der Waals surface area contributed by atoms with Crippen molar-refractivity contribution in [1.82, 2.24) is 4.90 Å². The Kier molecular flexibility index (Phi) is 8.89. The van der Waals surface area contributed by atoms with Crippen molar-refractivity contribution in [2.75, 3.05) is 25.0 Å². The molecular formula is C23H28N2O4. The summed E-state index contributed by atoms with van der Waals surface area (Å²) in [5.74, 6) is -0.699. The molecular weight excluding hydrogens is 368 g/mol. The lowest BCUT2D eigenvalue weighted by atomic mass is 10.1. The molecule has 0 saturated carbocycles. The van der Waals surface area contributed by atoms with E-state index < -0.39 is 5.97 Å². The molecule has 0 bridgehead atoms. The van der Waals surface area contributed by atoms with E-state index in [1.54, 1.807) is 29.2 Å². The van der Waals surface area contributed by atoms with Crippen LogP contribution in [0.3, 0.4) is 0 Å². The van der Waals surface area contributed by atoms with E-state index in [0.717, 1.165) is 5.56 Å². The fraction of sp³-hybridized carbons (Fsp3) is 0.348. The first-order valence-electron chi connectivity index (χ1n) is 9.92. The molecule has 0 aliphatic carbocycles. The van der Waals surface area contributed by atoms with E-state index in [4.69, 9.17) is 4.74 Å². The van der Waals surface area contributed by atoms with Crippen molar-refractivity contribution in [3.63, 3.8) is 0 Å². The van der Waals surface area contributed by atoms with Crippen molar-refractivity contribution in [3.8, 4) is 0 Å². The number of hydrogen-bond acceptors (Lipinski definition) is 4. The van der Waals surface area contributed by atoms with Crippen molar-refractivity contribution < 1.29 is 19.1 Å². The van der Waals surface area contributed by atoms with Gasteiger partial charge in [-0.1, -0.05) is 30.3 Å². The number of hydrogen-bond donors (Lipinski definition) is 1. The van der Waals surface area contributed by atoms with Crippen molar-refractivity contribution in [2.45, 2.75) is 33.1 Å². The number of amides is 2. The van der Waals surface area contributed by atoms with Gasteiger partial charge in [-0.3, -0.25) is 14.4 Å². The van der Waals surface area contributed by atoms with Crippen molar-refractivity contribution in [2.24, 2.45) is 0 Å². The number of carbonyl (C=O) groups is 3. The lowest BCUT2D eigenvalue weighted by molar-refractivity contribution is -0.144. The lowest BCUT2D eigenvalue weighted by Gasteiger charge is -2.18. The molecule has 1 N–H and O–H groups in total. The van der Waals surface area contributed by atoms with Crippen LogP contribution in [-0.4, -0.2) is 42.4 Å². The Morgan fingerprint density at radius 2 is 1.55 bits per heavy atom. The molecule has 6 heteroatoms. The van der Waals surface area contributed by atoms with Crippen LogP contribution in [0.25, 0.3) is 0 Å². The standard InChI is InChI=1S/C23H28N2O4/c1-3-25(4-2)23(28)19-10-12-20(13-11-19)24-21(26)14-15-22(27)29-17-16-18-8-6-5-7-9-18/h5-13H,3-4,14-17H2,1-2H3,(H,24,26). The molecule has 0 fully saturated rings. The van der Waals surface area contributed by atoms with E-state index in [-0.39, 0.29) is 24.7 Å². The predicted molar refractivity (Wildman–Crippen MR) is 113 cm³/mol. The summed E-state index contributed by atoms with van der Waals surface area (Å²) in [6.45, 7) is 5.46. The number of nitrogens with zero attached hydrogens (tertiary/aromatic N) is 1. The van der Waals surface area contributed by atoms with Crippen molar-refractivity contribution in [3.05, 3.63) is 65.7 Å². The minimum absolute atomic E-state index is 0.0269. The molecule has 0 radical (unpaired) electrons. The normalized spacial score (nSPS) is 10.3. The van der Waals surface area contributed by atoms with Gasteiger partial charge in [-0.05, 0) is 43.7 Å². The van der Waals surface area contributed by atoms with Gasteiger partial charge in [-0.25, -0.2) is 0 Å². The minimum Gasteiger partial charge on any atom is -0.465 e. The molecule has 0 spiro atoms. The Hall–Kier alpha value is -3.15. The summed E-state index contributed by atoms with van der Waals surface area (Å²) in [6, 6.07) is 16.5. The monoisotopic (exact) mass is 396 g/mol. The third kappa shape index (κ3) is 7.41. The van der Waals surface area contributed by atoms with E-state index in [0.29, 0.717) is 37.4 Å². The molecule has 2 amide bonds. The minimum atomic E-state index is -0.392. The smallest absolute Gasteiger partial charge is 0.306 e. The zero-order valence-electron chi connectivity index (χ0n) is 17.0. The van der Waals surface area contributed by atoms with Crippen LogP contribution in [-0.2, 0) is 20.7 Å². The van der Waals surface area contributed by atoms with E-state index in [9.17, 15) is 14.4 Å². The number of benzene rings is 2. The van der Waals surface area contributed by atoms with Gasteiger partial charge < -0.3 is 15.0 Å². The highest BCUT2D eigenvalue weighted by Crippen LogP contribution is 2.12. The molecule has 0 saturated heterocycles. The number of carbonyl (C=O) groups excluding carboxylic acids is 3. The molecule has 0 aliphatic rings. The first-order chi connectivity index (χ1) is 14.0. The highest BCUT2D eigenvalue weighted by Gasteiger charge is 2.13. The summed E-state index contributed by atoms with van der Waals surface area (Å²) in [4.78, 5) is 37.8. The maximum Gasteiger partial charge on any atom is 0.306 e. The molecule has 0 aromatic heterocycles. The highest BCUT2D eigenvalue weighted by molar-refractivity contribution is 5.96. The third-order valence-electron chi connectivity index (χ3n) is 4.52. The van der Waals surface area contributed by atoms with Crippen LogP contribution >= 0.6 is 0 Å². The Morgan fingerprint density at radius 1 is 0.897 bits per heavy atom. The highest BCUT2D eigenvalue weighted by atomic mass is 16.5. The van der Waals surface area contributed by atoms with Crippen LogP contribution in [0.15, 0.2) is 54.6 Å². The van der Waals surface area contributed by atoms with Crippen LogP contribution in [0, 0.1) is 0 Å². The van der Waals surface area contributed by atoms with Gasteiger partial charge in [0.1, 0.15) is 0 Å². The second-order valence-corrected chi connectivity index (χ2v) is 6.56. The predicted octanol–water partition coefficient (Wildman–Crippen LogP) is 3.67. The Morgan fingerprint density at radius 3 is 2.17 bits per heavy atom. The second kappa shape index (κ2) is 11.6. The first kappa shape index (κ1) is 22.1. The van der Waals surface area contributed by atoms with Crippen LogP contribution in [0.1, 0.15) is 42.6 Å². The van der Waals surface area contributed by atoms with Gasteiger partial charge in [0.2, 0.25) is 5.91 Å². The maximum absolute atomic E-state index is 12.3. The SMILES string of the molecule is CCN(CC)C(=O)c1ccc(NC(=O)CCC(=O)OCCc2ccccc2)cc1. The topological polar surface area (TPSA) is 75.7 Å². The van der Waals surface area contributed by atoms with Crippen LogP contribution < -0.4 is 5.32 Å². The average Bonchev–Trinajstić information content (AvgIpc) is 2.74. The van der Waals surface area contributed by atoms with Crippen molar-refractivity contribution >= 4 is 23.5 Å². The Labute approximate surface area is 171 Å². The summed E-state index contributed by atoms with van der Waals surface area (Å²) in [5.41, 5.74) is 2.26. The second-order valence-electron chi connectivity index (χ2n) is 6.56. The van der Waals surface area contributed by atoms with E-state index in [1.807, 2.05) is 44.2 Å². The summed E-state index contributed by atoms with van der Waals surface area (Å²) in [7, 11) is 0. The van der Waals surface area contributed by atoms with Gasteiger partial charge in [0.15, 0.2) is 0 Å². The molecule has 2 rings (SSSR count). The number of esters is 1. The zero-order chi connectivity index (χ0) is 21.1. The quantitative estimate of drug-likeness (QED) is 0.622. The fourth-order valence-corrected chi connectivity index (χ4v) is 2.83. The van der Waals surface area contributed by atoms with E-state index >= 15 is 0 Å². The van der Waals surface area contributed by atoms with E-state index in [1.165, 1.54) is 0 Å². The van der Waals surface area contributed by atoms with Crippen LogP contribution in [0.5, 0.6) is 0 Å². The summed E-state index contributed by atoms with van der Waals surface area (Å²) >= 11 is 0. The van der Waals surface area contributed by atoms with Gasteiger partial charge in [0.05, 0.1) is 13.0 Å². The van der Waals surface area contributed by atoms with Gasteiger partial charge in [0, 0.05) is 37.2 Å². The summed E-state index contributed by atoms with van der Waals surface area (Å²) in [5, 5.41) is 2.73. The summed E-state index contributed by atoms with van der Waals surface area (Å²) in [6.07, 6.45) is 0.723. The number of anilines is 1. The maximum atomic E-state index is 12.3. The van der Waals surface area contributed by atoms with Gasteiger partial charge >= 0.3 is 5.97 Å². The first-order valence-corrected chi connectivity index (χ1v) is 9.92. The van der Waals surface area contributed by atoms with Gasteiger partial charge in [-0.2, -0.15) is 0 Å². The Balaban J connectivity index is 1.71. The molecule has 0 unspecified atom stereocenters. The average molecular weight is 396 g/mol. The molecule has 6 nitrogen and oxygen atoms in total. The fourth-order valence-electron chi connectivity index (χ4n) is 2.83. The van der Waals surface area contributed by atoms with Gasteiger partial charge in [-0.15, -0.1) is 0 Å². The molecule has 0 atom stereocenters. The lowest BCUT2D eigenvalue weighted by Crippen LogP contribution is -2.30. The van der Waals surface area contributed by atoms with E-state index in [2.05, 4.69) is 5.32 Å². The molecule has 2 aromatic rings. The molecule has 2 aromatic carbocycles. The molecule has 0 aliphatic heterocycles. The largest absolute Gasteiger partial charge is 0.465 e.